The van der Waals surface area contributed by atoms with E-state index in [9.17, 15) is 5.11 Å². The lowest BCUT2D eigenvalue weighted by Gasteiger charge is -2.05. The molecule has 1 nitrogen and oxygen atoms in total. The van der Waals surface area contributed by atoms with Crippen molar-refractivity contribution in [2.24, 2.45) is 0 Å². The summed E-state index contributed by atoms with van der Waals surface area (Å²) in [5, 5.41) is 13.3. The molecule has 3 heteroatoms. The van der Waals surface area contributed by atoms with Crippen LogP contribution >= 0.6 is 23.1 Å². The SMILES string of the molecule is Cc1csc2c(Sc3ccccc3O)cccc12. The molecule has 0 radical (unpaired) electrons. The van der Waals surface area contributed by atoms with Crippen molar-refractivity contribution in [3.05, 3.63) is 53.4 Å². The highest BCUT2D eigenvalue weighted by Gasteiger charge is 2.08. The average molecular weight is 272 g/mol. The Morgan fingerprint density at radius 2 is 1.78 bits per heavy atom. The van der Waals surface area contributed by atoms with Crippen LogP contribution in [-0.4, -0.2) is 5.11 Å². The second kappa shape index (κ2) is 4.67. The molecule has 0 spiro atoms. The van der Waals surface area contributed by atoms with Gasteiger partial charge in [-0.15, -0.1) is 11.3 Å². The van der Waals surface area contributed by atoms with Crippen molar-refractivity contribution < 1.29 is 5.11 Å². The van der Waals surface area contributed by atoms with Crippen LogP contribution in [-0.2, 0) is 0 Å². The standard InChI is InChI=1S/C15H12OS2/c1-10-9-17-15-11(10)5-4-8-14(15)18-13-7-3-2-6-12(13)16/h2-9,16H,1H3. The molecule has 0 aliphatic rings. The van der Waals surface area contributed by atoms with E-state index >= 15 is 0 Å². The maximum Gasteiger partial charge on any atom is 0.129 e. The Bertz CT molecular complexity index is 701. The van der Waals surface area contributed by atoms with Gasteiger partial charge in [0, 0.05) is 9.60 Å². The first-order valence-electron chi connectivity index (χ1n) is 5.68. The number of aryl methyl sites for hydroxylation is 1. The number of thiophene rings is 1. The Hall–Kier alpha value is -1.45. The lowest BCUT2D eigenvalue weighted by Crippen LogP contribution is -1.76. The highest BCUT2D eigenvalue weighted by atomic mass is 32.2. The molecule has 0 atom stereocenters. The number of hydrogen-bond donors (Lipinski definition) is 1. The molecular formula is C15H12OS2. The molecule has 0 aliphatic carbocycles. The third-order valence-electron chi connectivity index (χ3n) is 2.84. The number of phenols is 1. The molecule has 0 amide bonds. The zero-order chi connectivity index (χ0) is 12.5. The summed E-state index contributed by atoms with van der Waals surface area (Å²) in [4.78, 5) is 2.10. The molecule has 1 aromatic heterocycles. The minimum Gasteiger partial charge on any atom is -0.507 e. The Morgan fingerprint density at radius 3 is 2.61 bits per heavy atom. The quantitative estimate of drug-likeness (QED) is 0.703. The molecule has 18 heavy (non-hydrogen) atoms. The van der Waals surface area contributed by atoms with Gasteiger partial charge in [-0.1, -0.05) is 36.0 Å². The van der Waals surface area contributed by atoms with Crippen molar-refractivity contribution in [2.45, 2.75) is 16.7 Å². The smallest absolute Gasteiger partial charge is 0.129 e. The molecule has 0 fully saturated rings. The van der Waals surface area contributed by atoms with Gasteiger partial charge in [0.1, 0.15) is 5.75 Å². The number of benzene rings is 2. The van der Waals surface area contributed by atoms with Crippen molar-refractivity contribution >= 4 is 33.2 Å². The highest BCUT2D eigenvalue weighted by Crippen LogP contribution is 2.40. The van der Waals surface area contributed by atoms with Crippen LogP contribution < -0.4 is 0 Å². The first-order valence-corrected chi connectivity index (χ1v) is 7.38. The predicted octanol–water partition coefficient (Wildman–Crippen LogP) is 5.07. The minimum absolute atomic E-state index is 0.341. The van der Waals surface area contributed by atoms with Crippen molar-refractivity contribution in [1.82, 2.24) is 0 Å². The fourth-order valence-corrected chi connectivity index (χ4v) is 4.04. The summed E-state index contributed by atoms with van der Waals surface area (Å²) >= 11 is 3.38. The number of para-hydroxylation sites is 1. The van der Waals surface area contributed by atoms with Gasteiger partial charge in [0.05, 0.1) is 4.90 Å². The van der Waals surface area contributed by atoms with Gasteiger partial charge in [-0.05, 0) is 41.5 Å². The van der Waals surface area contributed by atoms with Crippen LogP contribution in [0.2, 0.25) is 0 Å². The lowest BCUT2D eigenvalue weighted by molar-refractivity contribution is 0.462. The first-order chi connectivity index (χ1) is 8.75. The third-order valence-corrected chi connectivity index (χ3v) is 5.24. The van der Waals surface area contributed by atoms with Crippen molar-refractivity contribution in [3.8, 4) is 5.75 Å². The largest absolute Gasteiger partial charge is 0.507 e. The van der Waals surface area contributed by atoms with Crippen LogP contribution in [0.4, 0.5) is 0 Å². The van der Waals surface area contributed by atoms with E-state index < -0.39 is 0 Å². The highest BCUT2D eigenvalue weighted by molar-refractivity contribution is 7.99. The number of hydrogen-bond acceptors (Lipinski definition) is 3. The molecular weight excluding hydrogens is 260 g/mol. The average Bonchev–Trinajstić information content (AvgIpc) is 2.76. The van der Waals surface area contributed by atoms with E-state index in [2.05, 4.69) is 30.5 Å². The van der Waals surface area contributed by atoms with Crippen LogP contribution in [0.5, 0.6) is 5.75 Å². The normalized spacial score (nSPS) is 10.9. The molecule has 2 aromatic carbocycles. The molecule has 1 N–H and O–H groups in total. The first kappa shape index (κ1) is 11.6. The summed E-state index contributed by atoms with van der Waals surface area (Å²) in [6.07, 6.45) is 0. The van der Waals surface area contributed by atoms with E-state index in [0.29, 0.717) is 5.75 Å². The summed E-state index contributed by atoms with van der Waals surface area (Å²) in [5.74, 6) is 0.341. The minimum atomic E-state index is 0.341. The number of aromatic hydroxyl groups is 1. The van der Waals surface area contributed by atoms with Gasteiger partial charge in [0.25, 0.3) is 0 Å². The van der Waals surface area contributed by atoms with E-state index in [1.807, 2.05) is 18.2 Å². The van der Waals surface area contributed by atoms with E-state index in [-0.39, 0.29) is 0 Å². The van der Waals surface area contributed by atoms with E-state index in [0.717, 1.165) is 4.90 Å². The van der Waals surface area contributed by atoms with E-state index in [4.69, 9.17) is 0 Å². The van der Waals surface area contributed by atoms with Crippen LogP contribution in [0.1, 0.15) is 5.56 Å². The molecule has 0 bridgehead atoms. The summed E-state index contributed by atoms with van der Waals surface area (Å²) in [6.45, 7) is 2.13. The van der Waals surface area contributed by atoms with Crippen molar-refractivity contribution in [1.29, 1.82) is 0 Å². The fourth-order valence-electron chi connectivity index (χ4n) is 1.90. The zero-order valence-electron chi connectivity index (χ0n) is 9.88. The van der Waals surface area contributed by atoms with Crippen LogP contribution in [0.25, 0.3) is 10.1 Å². The van der Waals surface area contributed by atoms with Gasteiger partial charge < -0.3 is 5.11 Å². The Labute approximate surface area is 114 Å². The summed E-state index contributed by atoms with van der Waals surface area (Å²) < 4.78 is 1.29. The second-order valence-electron chi connectivity index (χ2n) is 4.12. The van der Waals surface area contributed by atoms with Crippen LogP contribution in [0.15, 0.2) is 57.6 Å². The lowest BCUT2D eigenvalue weighted by atomic mass is 10.2. The van der Waals surface area contributed by atoms with Gasteiger partial charge in [-0.3, -0.25) is 0 Å². The van der Waals surface area contributed by atoms with Crippen molar-refractivity contribution in [3.63, 3.8) is 0 Å². The Kier molecular flexibility index (Phi) is 3.02. The number of fused-ring (bicyclic) bond motifs is 1. The Morgan fingerprint density at radius 1 is 1.00 bits per heavy atom. The molecule has 0 aliphatic heterocycles. The van der Waals surface area contributed by atoms with E-state index in [1.165, 1.54) is 20.5 Å². The van der Waals surface area contributed by atoms with Gasteiger partial charge >= 0.3 is 0 Å². The van der Waals surface area contributed by atoms with Crippen LogP contribution in [0, 0.1) is 6.92 Å². The second-order valence-corrected chi connectivity index (χ2v) is 6.08. The molecule has 3 aromatic rings. The number of phenolic OH excluding ortho intramolecular Hbond substituents is 1. The Balaban J connectivity index is 2.08. The summed E-state index contributed by atoms with van der Waals surface area (Å²) in [7, 11) is 0. The van der Waals surface area contributed by atoms with Gasteiger partial charge in [-0.2, -0.15) is 0 Å². The van der Waals surface area contributed by atoms with Gasteiger partial charge in [-0.25, -0.2) is 0 Å². The van der Waals surface area contributed by atoms with Gasteiger partial charge in [0.2, 0.25) is 0 Å². The van der Waals surface area contributed by atoms with E-state index in [1.54, 1.807) is 29.2 Å². The van der Waals surface area contributed by atoms with Crippen LogP contribution in [0.3, 0.4) is 0 Å². The molecule has 1 heterocycles. The molecule has 0 saturated heterocycles. The molecule has 3 rings (SSSR count). The van der Waals surface area contributed by atoms with Gasteiger partial charge in [0.15, 0.2) is 0 Å². The molecule has 90 valence electrons. The summed E-state index contributed by atoms with van der Waals surface area (Å²) in [5.41, 5.74) is 1.31. The zero-order valence-corrected chi connectivity index (χ0v) is 11.5. The third kappa shape index (κ3) is 2.00. The fraction of sp³-hybridized carbons (Fsp3) is 0.0667. The monoisotopic (exact) mass is 272 g/mol. The maximum absolute atomic E-state index is 9.83. The van der Waals surface area contributed by atoms with Crippen molar-refractivity contribution in [2.75, 3.05) is 0 Å². The topological polar surface area (TPSA) is 20.2 Å². The number of rotatable bonds is 2. The maximum atomic E-state index is 9.83. The summed E-state index contributed by atoms with van der Waals surface area (Å²) in [6, 6.07) is 13.8. The molecule has 0 unspecified atom stereocenters. The predicted molar refractivity (Wildman–Crippen MR) is 78.8 cm³/mol. The molecule has 0 saturated carbocycles.